The third-order valence-electron chi connectivity index (χ3n) is 1.47. The number of anilines is 1. The van der Waals surface area contributed by atoms with Gasteiger partial charge in [0, 0.05) is 0 Å². The van der Waals surface area contributed by atoms with E-state index in [4.69, 9.17) is 10.5 Å². The van der Waals surface area contributed by atoms with Gasteiger partial charge in [0.15, 0.2) is 5.69 Å². The van der Waals surface area contributed by atoms with Crippen molar-refractivity contribution in [3.05, 3.63) is 11.4 Å². The van der Waals surface area contributed by atoms with E-state index >= 15 is 0 Å². The molecule has 0 radical (unpaired) electrons. The van der Waals surface area contributed by atoms with Gasteiger partial charge in [-0.1, -0.05) is 0 Å². The Balaban J connectivity index is 2.88. The van der Waals surface area contributed by atoms with Crippen LogP contribution in [0.3, 0.4) is 0 Å². The lowest BCUT2D eigenvalue weighted by atomic mass is 10.3. The van der Waals surface area contributed by atoms with E-state index in [1.54, 1.807) is 13.8 Å². The van der Waals surface area contributed by atoms with Crippen LogP contribution in [0.4, 0.5) is 5.69 Å². The molecule has 0 atom stereocenters. The molecular weight excluding hydrogens is 158 g/mol. The molecule has 1 aromatic heterocycles. The molecule has 5 nitrogen and oxygen atoms in total. The van der Waals surface area contributed by atoms with Gasteiger partial charge in [-0.3, -0.25) is 5.10 Å². The monoisotopic (exact) mass is 169 g/mol. The number of aromatic nitrogens is 2. The van der Waals surface area contributed by atoms with Gasteiger partial charge in [-0.15, -0.1) is 0 Å². The van der Waals surface area contributed by atoms with Crippen LogP contribution in [-0.2, 0) is 4.74 Å². The minimum atomic E-state index is -0.462. The summed E-state index contributed by atoms with van der Waals surface area (Å²) in [5, 5.41) is 6.28. The maximum atomic E-state index is 11.1. The number of nitrogen functional groups attached to an aromatic ring is 1. The van der Waals surface area contributed by atoms with Crippen molar-refractivity contribution >= 4 is 11.7 Å². The molecule has 0 aliphatic rings. The first-order chi connectivity index (χ1) is 5.66. The molecule has 1 heterocycles. The summed E-state index contributed by atoms with van der Waals surface area (Å²) >= 11 is 0. The number of hydrogen-bond acceptors (Lipinski definition) is 4. The normalized spacial score (nSPS) is 9.83. The van der Waals surface area contributed by atoms with Crippen LogP contribution in [0.15, 0.2) is 0 Å². The molecule has 0 saturated carbocycles. The fourth-order valence-corrected chi connectivity index (χ4v) is 0.800. The van der Waals surface area contributed by atoms with Gasteiger partial charge in [0.25, 0.3) is 0 Å². The van der Waals surface area contributed by atoms with Crippen LogP contribution >= 0.6 is 0 Å². The SMILES string of the molecule is CCOC(=O)c1[nH]nc(C)c1N. The number of ether oxygens (including phenoxy) is 1. The minimum absolute atomic E-state index is 0.231. The lowest BCUT2D eigenvalue weighted by Crippen LogP contribution is -2.07. The highest BCUT2D eigenvalue weighted by Gasteiger charge is 2.14. The first kappa shape index (κ1) is 8.58. The molecule has 1 aromatic rings. The minimum Gasteiger partial charge on any atom is -0.461 e. The van der Waals surface area contributed by atoms with Crippen molar-refractivity contribution in [3.8, 4) is 0 Å². The highest BCUT2D eigenvalue weighted by atomic mass is 16.5. The van der Waals surface area contributed by atoms with Gasteiger partial charge >= 0.3 is 5.97 Å². The first-order valence-corrected chi connectivity index (χ1v) is 3.64. The maximum Gasteiger partial charge on any atom is 0.358 e. The summed E-state index contributed by atoms with van der Waals surface area (Å²) in [4.78, 5) is 11.1. The summed E-state index contributed by atoms with van der Waals surface area (Å²) in [6, 6.07) is 0. The number of rotatable bonds is 2. The van der Waals surface area contributed by atoms with Gasteiger partial charge in [0.2, 0.25) is 0 Å². The predicted octanol–water partition coefficient (Wildman–Crippen LogP) is 0.477. The van der Waals surface area contributed by atoms with E-state index in [2.05, 4.69) is 10.2 Å². The summed E-state index contributed by atoms with van der Waals surface area (Å²) in [6.07, 6.45) is 0. The van der Waals surface area contributed by atoms with E-state index in [0.717, 1.165) is 0 Å². The van der Waals surface area contributed by atoms with Crippen molar-refractivity contribution in [2.24, 2.45) is 0 Å². The first-order valence-electron chi connectivity index (χ1n) is 3.64. The van der Waals surface area contributed by atoms with E-state index in [1.807, 2.05) is 0 Å². The Morgan fingerprint density at radius 1 is 1.75 bits per heavy atom. The van der Waals surface area contributed by atoms with Crippen LogP contribution in [0.5, 0.6) is 0 Å². The topological polar surface area (TPSA) is 81.0 Å². The van der Waals surface area contributed by atoms with E-state index < -0.39 is 5.97 Å². The van der Waals surface area contributed by atoms with Crippen molar-refractivity contribution in [1.82, 2.24) is 10.2 Å². The second kappa shape index (κ2) is 3.25. The van der Waals surface area contributed by atoms with Crippen LogP contribution < -0.4 is 5.73 Å². The molecule has 0 amide bonds. The molecule has 0 spiro atoms. The number of nitrogens with zero attached hydrogens (tertiary/aromatic N) is 1. The van der Waals surface area contributed by atoms with Gasteiger partial charge < -0.3 is 10.5 Å². The number of aromatic amines is 1. The summed E-state index contributed by atoms with van der Waals surface area (Å²) < 4.78 is 4.73. The Morgan fingerprint density at radius 2 is 2.42 bits per heavy atom. The van der Waals surface area contributed by atoms with Crippen LogP contribution in [-0.4, -0.2) is 22.8 Å². The molecule has 0 aromatic carbocycles. The molecule has 12 heavy (non-hydrogen) atoms. The van der Waals surface area contributed by atoms with E-state index in [1.165, 1.54) is 0 Å². The zero-order valence-electron chi connectivity index (χ0n) is 7.05. The molecule has 5 heteroatoms. The second-order valence-corrected chi connectivity index (χ2v) is 2.32. The van der Waals surface area contributed by atoms with Crippen LogP contribution in [0.2, 0.25) is 0 Å². The number of esters is 1. The summed E-state index contributed by atoms with van der Waals surface area (Å²) in [6.45, 7) is 3.78. The zero-order valence-corrected chi connectivity index (χ0v) is 7.05. The maximum absolute atomic E-state index is 11.1. The number of hydrogen-bond donors (Lipinski definition) is 2. The molecule has 0 unspecified atom stereocenters. The van der Waals surface area contributed by atoms with Crippen LogP contribution in [0, 0.1) is 6.92 Å². The number of nitrogens with two attached hydrogens (primary N) is 1. The second-order valence-electron chi connectivity index (χ2n) is 2.32. The fourth-order valence-electron chi connectivity index (χ4n) is 0.800. The van der Waals surface area contributed by atoms with E-state index in [-0.39, 0.29) is 5.69 Å². The van der Waals surface area contributed by atoms with Crippen LogP contribution in [0.1, 0.15) is 23.1 Å². The Kier molecular flexibility index (Phi) is 2.32. The van der Waals surface area contributed by atoms with Crippen molar-refractivity contribution < 1.29 is 9.53 Å². The standard InChI is InChI=1S/C7H11N3O2/c1-3-12-7(11)6-5(8)4(2)9-10-6/h3,8H2,1-2H3,(H,9,10). The number of carbonyl (C=O) groups excluding carboxylic acids is 1. The Bertz CT molecular complexity index is 293. The summed E-state index contributed by atoms with van der Waals surface area (Å²) in [5.74, 6) is -0.462. The molecular formula is C7H11N3O2. The van der Waals surface area contributed by atoms with Crippen molar-refractivity contribution in [3.63, 3.8) is 0 Å². The molecule has 66 valence electrons. The molecule has 1 rings (SSSR count). The third kappa shape index (κ3) is 1.39. The highest BCUT2D eigenvalue weighted by molar-refractivity contribution is 5.93. The number of H-pyrrole nitrogens is 1. The highest BCUT2D eigenvalue weighted by Crippen LogP contribution is 2.12. The van der Waals surface area contributed by atoms with E-state index in [0.29, 0.717) is 18.0 Å². The largest absolute Gasteiger partial charge is 0.461 e. The molecule has 0 aliphatic carbocycles. The van der Waals surface area contributed by atoms with Crippen molar-refractivity contribution in [1.29, 1.82) is 0 Å². The number of aryl methyl sites for hydroxylation is 1. The van der Waals surface area contributed by atoms with E-state index in [9.17, 15) is 4.79 Å². The van der Waals surface area contributed by atoms with Crippen molar-refractivity contribution in [2.45, 2.75) is 13.8 Å². The fraction of sp³-hybridized carbons (Fsp3) is 0.429. The Hall–Kier alpha value is -1.52. The lowest BCUT2D eigenvalue weighted by molar-refractivity contribution is 0.0520. The summed E-state index contributed by atoms with van der Waals surface area (Å²) in [7, 11) is 0. The molecule has 0 aliphatic heterocycles. The lowest BCUT2D eigenvalue weighted by Gasteiger charge is -1.98. The van der Waals surface area contributed by atoms with Gasteiger partial charge in [0.1, 0.15) is 0 Å². The molecule has 0 bridgehead atoms. The van der Waals surface area contributed by atoms with Gasteiger partial charge in [-0.2, -0.15) is 5.10 Å². The quantitative estimate of drug-likeness (QED) is 0.631. The number of nitrogens with one attached hydrogen (secondary N) is 1. The molecule has 0 fully saturated rings. The zero-order chi connectivity index (χ0) is 9.14. The average Bonchev–Trinajstić information content (AvgIpc) is 2.34. The smallest absolute Gasteiger partial charge is 0.358 e. The Labute approximate surface area is 69.9 Å². The Morgan fingerprint density at radius 3 is 2.83 bits per heavy atom. The predicted molar refractivity (Wildman–Crippen MR) is 43.7 cm³/mol. The van der Waals surface area contributed by atoms with Gasteiger partial charge in [-0.25, -0.2) is 4.79 Å². The van der Waals surface area contributed by atoms with Gasteiger partial charge in [-0.05, 0) is 13.8 Å². The number of carbonyl (C=O) groups is 1. The van der Waals surface area contributed by atoms with Crippen LogP contribution in [0.25, 0.3) is 0 Å². The molecule has 0 saturated heterocycles. The third-order valence-corrected chi connectivity index (χ3v) is 1.47. The molecule has 3 N–H and O–H groups in total. The average molecular weight is 169 g/mol. The van der Waals surface area contributed by atoms with Crippen molar-refractivity contribution in [2.75, 3.05) is 12.3 Å². The van der Waals surface area contributed by atoms with Gasteiger partial charge in [0.05, 0.1) is 18.0 Å². The summed E-state index contributed by atoms with van der Waals surface area (Å²) in [5.41, 5.74) is 6.73.